The van der Waals surface area contributed by atoms with Crippen molar-refractivity contribution in [3.8, 4) is 0 Å². The summed E-state index contributed by atoms with van der Waals surface area (Å²) in [6.45, 7) is 0. The van der Waals surface area contributed by atoms with Gasteiger partial charge in [0.2, 0.25) is 11.8 Å². The van der Waals surface area contributed by atoms with E-state index in [2.05, 4.69) is 0 Å². The molecule has 4 saturated heterocycles. The molecule has 4 aromatic carbocycles. The first-order valence-electron chi connectivity index (χ1n) is 15.1. The molecule has 0 spiro atoms. The van der Waals surface area contributed by atoms with Crippen molar-refractivity contribution in [2.45, 2.75) is 24.2 Å². The molecule has 238 valence electrons. The standard InChI is InChI=1S/C34H24N6O8/c41-31-25-27(19-7-3-1-4-8-19)37-30-26(32(42)36(34(30)44)22-13-17-24(18-14-22)40(47)48)28(20-9-5-2-6-10-20)38(37)29(25)33(43)35(31)21-11-15-23(16-12-21)39(45)46/h1-18,25-30H/t25-,26-,27+,28+,29+,30+/m0/s1. The zero-order valence-electron chi connectivity index (χ0n) is 24.8. The summed E-state index contributed by atoms with van der Waals surface area (Å²) >= 11 is 0. The van der Waals surface area contributed by atoms with Gasteiger partial charge in [0.25, 0.3) is 23.2 Å². The fraction of sp³-hybridized carbons (Fsp3) is 0.176. The number of benzene rings is 4. The van der Waals surface area contributed by atoms with E-state index in [1.807, 2.05) is 0 Å². The lowest BCUT2D eigenvalue weighted by atomic mass is 9.84. The number of rotatable bonds is 6. The summed E-state index contributed by atoms with van der Waals surface area (Å²) in [4.78, 5) is 81.1. The van der Waals surface area contributed by atoms with Crippen LogP contribution in [0.1, 0.15) is 23.2 Å². The van der Waals surface area contributed by atoms with Crippen molar-refractivity contribution in [1.82, 2.24) is 10.0 Å². The van der Waals surface area contributed by atoms with Crippen molar-refractivity contribution in [3.63, 3.8) is 0 Å². The minimum Gasteiger partial charge on any atom is -0.274 e. The number of hydrazine groups is 1. The lowest BCUT2D eigenvalue weighted by Gasteiger charge is -2.35. The maximum atomic E-state index is 14.4. The molecule has 4 heterocycles. The first kappa shape index (κ1) is 29.3. The normalized spacial score (nSPS) is 26.6. The number of imide groups is 2. The zero-order chi connectivity index (χ0) is 33.4. The molecule has 14 nitrogen and oxygen atoms in total. The fourth-order valence-corrected chi connectivity index (χ4v) is 7.75. The highest BCUT2D eigenvalue weighted by molar-refractivity contribution is 6.26. The van der Waals surface area contributed by atoms with Crippen LogP contribution >= 0.6 is 0 Å². The van der Waals surface area contributed by atoms with E-state index in [0.717, 1.165) is 9.80 Å². The van der Waals surface area contributed by atoms with E-state index in [4.69, 9.17) is 0 Å². The van der Waals surface area contributed by atoms with E-state index < -0.39 is 69.5 Å². The van der Waals surface area contributed by atoms with Crippen molar-refractivity contribution in [3.05, 3.63) is 141 Å². The molecule has 0 saturated carbocycles. The van der Waals surface area contributed by atoms with Crippen LogP contribution < -0.4 is 9.80 Å². The predicted octanol–water partition coefficient (Wildman–Crippen LogP) is 3.95. The van der Waals surface area contributed by atoms with Gasteiger partial charge >= 0.3 is 0 Å². The summed E-state index contributed by atoms with van der Waals surface area (Å²) in [5.41, 5.74) is 1.27. The van der Waals surface area contributed by atoms with Gasteiger partial charge in [-0.05, 0) is 35.4 Å². The molecule has 0 bridgehead atoms. The average Bonchev–Trinajstić information content (AvgIpc) is 3.77. The summed E-state index contributed by atoms with van der Waals surface area (Å²) in [6.07, 6.45) is 0. The second-order valence-corrected chi connectivity index (χ2v) is 12.0. The maximum absolute atomic E-state index is 14.4. The molecule has 4 aliphatic heterocycles. The Hall–Kier alpha value is -6.12. The Morgan fingerprint density at radius 1 is 0.438 bits per heavy atom. The number of nitrogens with zero attached hydrogens (tertiary/aromatic N) is 6. The first-order chi connectivity index (χ1) is 23.2. The third kappa shape index (κ3) is 4.06. The third-order valence-corrected chi connectivity index (χ3v) is 9.64. The molecular weight excluding hydrogens is 620 g/mol. The summed E-state index contributed by atoms with van der Waals surface area (Å²) in [5.74, 6) is -4.19. The van der Waals surface area contributed by atoms with E-state index in [9.17, 15) is 39.4 Å². The number of hydrogen-bond donors (Lipinski definition) is 0. The van der Waals surface area contributed by atoms with Crippen LogP contribution in [0.2, 0.25) is 0 Å². The highest BCUT2D eigenvalue weighted by atomic mass is 16.6. The molecule has 8 rings (SSSR count). The Kier molecular flexibility index (Phi) is 6.54. The van der Waals surface area contributed by atoms with Crippen molar-refractivity contribution in [1.29, 1.82) is 0 Å². The second kappa shape index (κ2) is 10.7. The summed E-state index contributed by atoms with van der Waals surface area (Å²) < 4.78 is 0. The van der Waals surface area contributed by atoms with Gasteiger partial charge in [-0.2, -0.15) is 0 Å². The number of amides is 4. The van der Waals surface area contributed by atoms with Gasteiger partial charge in [-0.25, -0.2) is 19.8 Å². The largest absolute Gasteiger partial charge is 0.274 e. The lowest BCUT2D eigenvalue weighted by Crippen LogP contribution is -2.50. The van der Waals surface area contributed by atoms with Crippen LogP contribution in [0, 0.1) is 32.1 Å². The monoisotopic (exact) mass is 644 g/mol. The van der Waals surface area contributed by atoms with Crippen molar-refractivity contribution < 1.29 is 29.0 Å². The van der Waals surface area contributed by atoms with Gasteiger partial charge in [0.1, 0.15) is 12.1 Å². The van der Waals surface area contributed by atoms with Crippen molar-refractivity contribution >= 4 is 46.4 Å². The molecule has 0 unspecified atom stereocenters. The molecule has 0 aliphatic carbocycles. The van der Waals surface area contributed by atoms with Crippen LogP contribution in [-0.2, 0) is 19.2 Å². The molecule has 4 aromatic rings. The van der Waals surface area contributed by atoms with Crippen LogP contribution in [-0.4, -0.2) is 55.6 Å². The second-order valence-electron chi connectivity index (χ2n) is 12.0. The zero-order valence-corrected chi connectivity index (χ0v) is 24.8. The summed E-state index contributed by atoms with van der Waals surface area (Å²) in [6, 6.07) is 24.4. The van der Waals surface area contributed by atoms with Gasteiger partial charge < -0.3 is 0 Å². The van der Waals surface area contributed by atoms with Gasteiger partial charge in [0.05, 0.1) is 45.1 Å². The first-order valence-corrected chi connectivity index (χ1v) is 15.1. The molecule has 48 heavy (non-hydrogen) atoms. The fourth-order valence-electron chi connectivity index (χ4n) is 7.75. The van der Waals surface area contributed by atoms with Crippen LogP contribution in [0.15, 0.2) is 109 Å². The predicted molar refractivity (Wildman–Crippen MR) is 168 cm³/mol. The van der Waals surface area contributed by atoms with Gasteiger partial charge in [-0.1, -0.05) is 60.7 Å². The Bertz CT molecular complexity index is 1880. The minimum absolute atomic E-state index is 0.176. The van der Waals surface area contributed by atoms with Gasteiger partial charge in [0, 0.05) is 24.3 Å². The van der Waals surface area contributed by atoms with E-state index in [1.165, 1.54) is 48.5 Å². The van der Waals surface area contributed by atoms with Crippen molar-refractivity contribution in [2.75, 3.05) is 9.80 Å². The van der Waals surface area contributed by atoms with Crippen LogP contribution in [0.3, 0.4) is 0 Å². The number of non-ortho nitro benzene ring substituents is 2. The minimum atomic E-state index is -1.10. The third-order valence-electron chi connectivity index (χ3n) is 9.64. The van der Waals surface area contributed by atoms with E-state index in [0.29, 0.717) is 11.1 Å². The Morgan fingerprint density at radius 2 is 0.771 bits per heavy atom. The van der Waals surface area contributed by atoms with Gasteiger partial charge in [0.15, 0.2) is 0 Å². The Morgan fingerprint density at radius 3 is 1.08 bits per heavy atom. The molecule has 0 N–H and O–H groups in total. The smallest absolute Gasteiger partial charge is 0.269 e. The Balaban J connectivity index is 1.28. The number of carbonyl (C=O) groups excluding carboxylic acids is 4. The van der Waals surface area contributed by atoms with E-state index in [-0.39, 0.29) is 22.7 Å². The molecule has 4 aliphatic rings. The topological polar surface area (TPSA) is 168 Å². The number of anilines is 2. The lowest BCUT2D eigenvalue weighted by molar-refractivity contribution is -0.385. The molecule has 0 aromatic heterocycles. The number of hydrogen-bond acceptors (Lipinski definition) is 10. The number of carbonyl (C=O) groups is 4. The summed E-state index contributed by atoms with van der Waals surface area (Å²) in [7, 11) is 0. The highest BCUT2D eigenvalue weighted by Gasteiger charge is 2.73. The number of nitro groups is 2. The number of nitro benzene ring substituents is 2. The molecule has 6 atom stereocenters. The van der Waals surface area contributed by atoms with Crippen LogP contribution in [0.5, 0.6) is 0 Å². The van der Waals surface area contributed by atoms with Gasteiger partial charge in [-0.15, -0.1) is 0 Å². The average molecular weight is 645 g/mol. The van der Waals surface area contributed by atoms with Gasteiger partial charge in [-0.3, -0.25) is 39.4 Å². The van der Waals surface area contributed by atoms with Crippen molar-refractivity contribution in [2.24, 2.45) is 11.8 Å². The maximum Gasteiger partial charge on any atom is 0.269 e. The van der Waals surface area contributed by atoms with Crippen LogP contribution in [0.4, 0.5) is 22.7 Å². The SMILES string of the molecule is O=C1[C@H]2[C@@H](c3ccccc3)N3[C@H]4C(=O)N(c5ccc([N+](=O)[O-])cc5)C(=O)[C@H]4[C@@H](c4ccccc4)N3[C@H]2C(=O)N1c1ccc([N+](=O)[O-])cc1. The Labute approximate surface area is 271 Å². The van der Waals surface area contributed by atoms with E-state index in [1.54, 1.807) is 70.7 Å². The number of fused-ring (bicyclic) bond motifs is 5. The molecule has 4 fully saturated rings. The molecule has 14 heteroatoms. The van der Waals surface area contributed by atoms with Crippen LogP contribution in [0.25, 0.3) is 0 Å². The van der Waals surface area contributed by atoms with E-state index >= 15 is 0 Å². The highest BCUT2D eigenvalue weighted by Crippen LogP contribution is 2.59. The molecule has 4 amide bonds. The summed E-state index contributed by atoms with van der Waals surface area (Å²) in [5, 5.41) is 26.0. The molecule has 0 radical (unpaired) electrons. The quantitative estimate of drug-likeness (QED) is 0.170. The molecular formula is C34H24N6O8.